The Bertz CT molecular complexity index is 847. The molecule has 25 heavy (non-hydrogen) atoms. The van der Waals surface area contributed by atoms with Crippen molar-refractivity contribution in [3.8, 4) is 0 Å². The molecule has 122 valence electrons. The van der Waals surface area contributed by atoms with Gasteiger partial charge in [0.15, 0.2) is 0 Å². The lowest BCUT2D eigenvalue weighted by Gasteiger charge is -2.27. The van der Waals surface area contributed by atoms with Crippen LogP contribution in [-0.2, 0) is 0 Å². The van der Waals surface area contributed by atoms with E-state index in [0.717, 1.165) is 5.69 Å². The van der Waals surface area contributed by atoms with E-state index in [9.17, 15) is 0 Å². The Morgan fingerprint density at radius 3 is 1.80 bits per heavy atom. The summed E-state index contributed by atoms with van der Waals surface area (Å²) in [6.45, 7) is 0. The first kappa shape index (κ1) is 15.8. The highest BCUT2D eigenvalue weighted by molar-refractivity contribution is 7.10. The molecule has 2 aromatic heterocycles. The standard InChI is InChI=1S/C23H19NS/c1-3-10-18(11-4-1)22(20-14-7-8-16-24-20)23(21-15-9-17-25-21)19-12-5-2-6-13-19/h1-17,22-23H. The molecule has 2 heterocycles. The predicted molar refractivity (Wildman–Crippen MR) is 105 cm³/mol. The molecular formula is C23H19NS. The van der Waals surface area contributed by atoms with E-state index < -0.39 is 0 Å². The lowest BCUT2D eigenvalue weighted by Crippen LogP contribution is -2.14. The van der Waals surface area contributed by atoms with E-state index in [1.165, 1.54) is 16.0 Å². The van der Waals surface area contributed by atoms with Crippen LogP contribution in [0.1, 0.15) is 33.5 Å². The monoisotopic (exact) mass is 341 g/mol. The van der Waals surface area contributed by atoms with Crippen LogP contribution >= 0.6 is 11.3 Å². The smallest absolute Gasteiger partial charge is 0.0488 e. The summed E-state index contributed by atoms with van der Waals surface area (Å²) >= 11 is 1.82. The molecule has 0 saturated heterocycles. The van der Waals surface area contributed by atoms with E-state index in [4.69, 9.17) is 4.98 Å². The van der Waals surface area contributed by atoms with Gasteiger partial charge in [-0.1, -0.05) is 72.8 Å². The SMILES string of the molecule is c1ccc(C(c2ccccn2)C(c2ccccc2)c2cccs2)cc1. The summed E-state index contributed by atoms with van der Waals surface area (Å²) < 4.78 is 0. The van der Waals surface area contributed by atoms with Crippen LogP contribution in [0, 0.1) is 0 Å². The van der Waals surface area contributed by atoms with E-state index in [-0.39, 0.29) is 11.8 Å². The van der Waals surface area contributed by atoms with E-state index in [0.29, 0.717) is 0 Å². The quantitative estimate of drug-likeness (QED) is 0.427. The minimum atomic E-state index is 0.184. The van der Waals surface area contributed by atoms with Crippen LogP contribution in [0.2, 0.25) is 0 Å². The third kappa shape index (κ3) is 3.40. The minimum absolute atomic E-state index is 0.184. The Labute approximate surface area is 152 Å². The summed E-state index contributed by atoms with van der Waals surface area (Å²) in [5.74, 6) is 0.432. The van der Waals surface area contributed by atoms with Crippen molar-refractivity contribution in [3.63, 3.8) is 0 Å². The van der Waals surface area contributed by atoms with Gasteiger partial charge in [-0.2, -0.15) is 0 Å². The van der Waals surface area contributed by atoms with E-state index in [1.807, 2.05) is 23.6 Å². The fourth-order valence-corrected chi connectivity index (χ4v) is 4.29. The molecule has 0 N–H and O–H groups in total. The van der Waals surface area contributed by atoms with Crippen molar-refractivity contribution in [3.05, 3.63) is 124 Å². The van der Waals surface area contributed by atoms with Crippen LogP contribution in [-0.4, -0.2) is 4.98 Å². The normalized spacial score (nSPS) is 13.3. The highest BCUT2D eigenvalue weighted by Gasteiger charge is 2.29. The maximum atomic E-state index is 4.72. The molecule has 0 aliphatic carbocycles. The van der Waals surface area contributed by atoms with E-state index in [1.54, 1.807) is 0 Å². The lowest BCUT2D eigenvalue weighted by atomic mass is 9.78. The fraction of sp³-hybridized carbons (Fsp3) is 0.0870. The minimum Gasteiger partial charge on any atom is -0.261 e. The average molecular weight is 341 g/mol. The molecule has 2 heteroatoms. The first-order valence-electron chi connectivity index (χ1n) is 8.48. The van der Waals surface area contributed by atoms with Crippen molar-refractivity contribution in [2.45, 2.75) is 11.8 Å². The fourth-order valence-electron chi connectivity index (χ4n) is 3.40. The highest BCUT2D eigenvalue weighted by atomic mass is 32.1. The van der Waals surface area contributed by atoms with Crippen LogP contribution in [0.5, 0.6) is 0 Å². The van der Waals surface area contributed by atoms with Gasteiger partial charge in [0.25, 0.3) is 0 Å². The number of rotatable bonds is 5. The Morgan fingerprint density at radius 2 is 1.24 bits per heavy atom. The van der Waals surface area contributed by atoms with Gasteiger partial charge in [-0.15, -0.1) is 11.3 Å². The largest absolute Gasteiger partial charge is 0.261 e. The molecule has 0 aliphatic rings. The second-order valence-corrected chi connectivity index (χ2v) is 7.03. The number of benzene rings is 2. The van der Waals surface area contributed by atoms with Crippen molar-refractivity contribution in [2.24, 2.45) is 0 Å². The van der Waals surface area contributed by atoms with Gasteiger partial charge >= 0.3 is 0 Å². The molecule has 0 amide bonds. The van der Waals surface area contributed by atoms with Gasteiger partial charge in [0.2, 0.25) is 0 Å². The third-order valence-corrected chi connectivity index (χ3v) is 5.46. The summed E-state index contributed by atoms with van der Waals surface area (Å²) in [5.41, 5.74) is 3.73. The molecule has 4 aromatic rings. The zero-order valence-corrected chi connectivity index (χ0v) is 14.6. The zero-order valence-electron chi connectivity index (χ0n) is 13.8. The van der Waals surface area contributed by atoms with Gasteiger partial charge in [-0.25, -0.2) is 0 Å². The maximum absolute atomic E-state index is 4.72. The first-order valence-corrected chi connectivity index (χ1v) is 9.35. The molecular weight excluding hydrogens is 322 g/mol. The Kier molecular flexibility index (Phi) is 4.71. The molecule has 0 bridgehead atoms. The van der Waals surface area contributed by atoms with Gasteiger partial charge in [0.1, 0.15) is 0 Å². The lowest BCUT2D eigenvalue weighted by molar-refractivity contribution is 0.684. The molecule has 2 unspecified atom stereocenters. The van der Waals surface area contributed by atoms with Gasteiger partial charge in [-0.05, 0) is 34.7 Å². The molecule has 2 aromatic carbocycles. The van der Waals surface area contributed by atoms with Gasteiger partial charge in [0.05, 0.1) is 0 Å². The van der Waals surface area contributed by atoms with Gasteiger partial charge in [0, 0.05) is 28.6 Å². The first-order chi connectivity index (χ1) is 12.4. The van der Waals surface area contributed by atoms with Gasteiger partial charge in [-0.3, -0.25) is 4.98 Å². The number of hydrogen-bond donors (Lipinski definition) is 0. The van der Waals surface area contributed by atoms with E-state index in [2.05, 4.69) is 90.3 Å². The summed E-state index contributed by atoms with van der Waals surface area (Å²) in [4.78, 5) is 6.08. The molecule has 0 spiro atoms. The maximum Gasteiger partial charge on any atom is 0.0488 e. The Balaban J connectivity index is 1.91. The van der Waals surface area contributed by atoms with Crippen molar-refractivity contribution in [1.82, 2.24) is 4.98 Å². The van der Waals surface area contributed by atoms with Gasteiger partial charge < -0.3 is 0 Å². The van der Waals surface area contributed by atoms with Crippen molar-refractivity contribution in [2.75, 3.05) is 0 Å². The number of aromatic nitrogens is 1. The van der Waals surface area contributed by atoms with E-state index >= 15 is 0 Å². The van der Waals surface area contributed by atoms with Crippen LogP contribution in [0.25, 0.3) is 0 Å². The molecule has 0 radical (unpaired) electrons. The summed E-state index contributed by atoms with van der Waals surface area (Å²) in [6, 6.07) is 32.1. The van der Waals surface area contributed by atoms with Crippen LogP contribution in [0.3, 0.4) is 0 Å². The average Bonchev–Trinajstić information content (AvgIpc) is 3.22. The Hall–Kier alpha value is -2.71. The topological polar surface area (TPSA) is 12.9 Å². The second-order valence-electron chi connectivity index (χ2n) is 6.05. The number of thiophene rings is 1. The van der Waals surface area contributed by atoms with Crippen molar-refractivity contribution >= 4 is 11.3 Å². The third-order valence-electron chi connectivity index (χ3n) is 4.51. The molecule has 1 nitrogen and oxygen atoms in total. The summed E-state index contributed by atoms with van der Waals surface area (Å²) in [5, 5.41) is 2.16. The molecule has 4 rings (SSSR count). The summed E-state index contributed by atoms with van der Waals surface area (Å²) in [7, 11) is 0. The second kappa shape index (κ2) is 7.45. The van der Waals surface area contributed by atoms with Crippen molar-refractivity contribution < 1.29 is 0 Å². The van der Waals surface area contributed by atoms with Crippen molar-refractivity contribution in [1.29, 1.82) is 0 Å². The number of hydrogen-bond acceptors (Lipinski definition) is 2. The zero-order chi connectivity index (χ0) is 16.9. The highest BCUT2D eigenvalue weighted by Crippen LogP contribution is 2.43. The summed E-state index contributed by atoms with van der Waals surface area (Å²) in [6.07, 6.45) is 1.89. The van der Waals surface area contributed by atoms with Crippen LogP contribution in [0.15, 0.2) is 103 Å². The molecule has 0 aliphatic heterocycles. The van der Waals surface area contributed by atoms with Crippen LogP contribution < -0.4 is 0 Å². The molecule has 2 atom stereocenters. The molecule has 0 fully saturated rings. The van der Waals surface area contributed by atoms with Crippen LogP contribution in [0.4, 0.5) is 0 Å². The molecule has 0 saturated carbocycles. The predicted octanol–water partition coefficient (Wildman–Crippen LogP) is 6.11. The Morgan fingerprint density at radius 1 is 0.600 bits per heavy atom. The number of pyridine rings is 1. The number of nitrogens with zero attached hydrogens (tertiary/aromatic N) is 1.